The minimum atomic E-state index is -0.753. The Kier molecular flexibility index (Phi) is 6.94. The maximum Gasteiger partial charge on any atom is 0.325 e. The fraction of sp³-hybridized carbons (Fsp3) is 0.176. The SMILES string of the molecule is Cc1cccc(C(=O)NCC(=O)OCC(=O)Nc2ncc(Cl)cc2Cl)c1. The first-order valence-electron chi connectivity index (χ1n) is 7.46. The van der Waals surface area contributed by atoms with E-state index in [1.807, 2.05) is 13.0 Å². The number of anilines is 1. The Morgan fingerprint density at radius 2 is 1.96 bits per heavy atom. The summed E-state index contributed by atoms with van der Waals surface area (Å²) in [6.45, 7) is 0.950. The third-order valence-electron chi connectivity index (χ3n) is 3.10. The first kappa shape index (κ1) is 19.7. The third kappa shape index (κ3) is 6.02. The number of halogens is 2. The van der Waals surface area contributed by atoms with Gasteiger partial charge in [-0.3, -0.25) is 14.4 Å². The van der Waals surface area contributed by atoms with Crippen molar-refractivity contribution in [1.29, 1.82) is 0 Å². The van der Waals surface area contributed by atoms with Crippen molar-refractivity contribution in [3.05, 3.63) is 57.7 Å². The molecule has 0 saturated carbocycles. The van der Waals surface area contributed by atoms with Gasteiger partial charge in [-0.05, 0) is 25.1 Å². The van der Waals surface area contributed by atoms with E-state index in [1.165, 1.54) is 12.3 Å². The maximum atomic E-state index is 11.9. The summed E-state index contributed by atoms with van der Waals surface area (Å²) in [5.41, 5.74) is 1.35. The summed E-state index contributed by atoms with van der Waals surface area (Å²) in [6, 6.07) is 8.33. The zero-order valence-corrected chi connectivity index (χ0v) is 15.2. The number of carbonyl (C=O) groups is 3. The molecule has 2 amide bonds. The molecule has 2 aromatic rings. The van der Waals surface area contributed by atoms with Crippen molar-refractivity contribution >= 4 is 46.8 Å². The van der Waals surface area contributed by atoms with Crippen molar-refractivity contribution in [2.45, 2.75) is 6.92 Å². The zero-order valence-electron chi connectivity index (χ0n) is 13.7. The van der Waals surface area contributed by atoms with Gasteiger partial charge in [-0.2, -0.15) is 0 Å². The predicted octanol–water partition coefficient (Wildman–Crippen LogP) is 2.61. The van der Waals surface area contributed by atoms with Gasteiger partial charge >= 0.3 is 5.97 Å². The molecule has 0 aliphatic carbocycles. The lowest BCUT2D eigenvalue weighted by Gasteiger charge is -2.08. The molecule has 0 saturated heterocycles. The van der Waals surface area contributed by atoms with Crippen molar-refractivity contribution in [3.63, 3.8) is 0 Å². The van der Waals surface area contributed by atoms with Crippen molar-refractivity contribution in [1.82, 2.24) is 10.3 Å². The lowest BCUT2D eigenvalue weighted by Crippen LogP contribution is -2.32. The topological polar surface area (TPSA) is 97.4 Å². The molecule has 2 rings (SSSR count). The summed E-state index contributed by atoms with van der Waals surface area (Å²) >= 11 is 11.6. The molecule has 2 N–H and O–H groups in total. The highest BCUT2D eigenvalue weighted by molar-refractivity contribution is 6.36. The fourth-order valence-corrected chi connectivity index (χ4v) is 2.34. The average Bonchev–Trinajstić information content (AvgIpc) is 2.60. The second kappa shape index (κ2) is 9.17. The van der Waals surface area contributed by atoms with Crippen molar-refractivity contribution in [2.75, 3.05) is 18.5 Å². The van der Waals surface area contributed by atoms with E-state index >= 15 is 0 Å². The van der Waals surface area contributed by atoms with Crippen LogP contribution in [0.5, 0.6) is 0 Å². The van der Waals surface area contributed by atoms with Gasteiger partial charge < -0.3 is 15.4 Å². The lowest BCUT2D eigenvalue weighted by atomic mass is 10.1. The molecular weight excluding hydrogens is 381 g/mol. The van der Waals surface area contributed by atoms with E-state index < -0.39 is 24.4 Å². The molecule has 136 valence electrons. The molecule has 0 unspecified atom stereocenters. The number of nitrogens with zero attached hydrogens (tertiary/aromatic N) is 1. The quantitative estimate of drug-likeness (QED) is 0.732. The van der Waals surface area contributed by atoms with Crippen LogP contribution in [0, 0.1) is 6.92 Å². The Balaban J connectivity index is 1.76. The predicted molar refractivity (Wildman–Crippen MR) is 97.4 cm³/mol. The van der Waals surface area contributed by atoms with Gasteiger partial charge in [0.25, 0.3) is 11.8 Å². The summed E-state index contributed by atoms with van der Waals surface area (Å²) in [5, 5.41) is 5.28. The molecule has 0 atom stereocenters. The number of hydrogen-bond acceptors (Lipinski definition) is 5. The Labute approximate surface area is 159 Å². The van der Waals surface area contributed by atoms with Gasteiger partial charge in [0, 0.05) is 11.8 Å². The summed E-state index contributed by atoms with van der Waals surface area (Å²) in [7, 11) is 0. The molecule has 0 fully saturated rings. The van der Waals surface area contributed by atoms with Crippen LogP contribution in [-0.2, 0) is 14.3 Å². The van der Waals surface area contributed by atoms with E-state index in [4.69, 9.17) is 27.9 Å². The van der Waals surface area contributed by atoms with Crippen LogP contribution in [-0.4, -0.2) is 35.9 Å². The van der Waals surface area contributed by atoms with Crippen LogP contribution in [0.3, 0.4) is 0 Å². The van der Waals surface area contributed by atoms with E-state index in [9.17, 15) is 14.4 Å². The van der Waals surface area contributed by atoms with Gasteiger partial charge in [0.05, 0.1) is 10.0 Å². The third-order valence-corrected chi connectivity index (χ3v) is 3.60. The standard InChI is InChI=1S/C17H15Cl2N3O4/c1-10-3-2-4-11(5-10)17(25)21-8-15(24)26-9-14(23)22-16-13(19)6-12(18)7-20-16/h2-7H,8-9H2,1H3,(H,21,25)(H,20,22,23). The van der Waals surface area contributed by atoms with E-state index in [2.05, 4.69) is 15.6 Å². The Morgan fingerprint density at radius 1 is 1.19 bits per heavy atom. The molecule has 0 bridgehead atoms. The number of esters is 1. The van der Waals surface area contributed by atoms with Crippen LogP contribution in [0.15, 0.2) is 36.5 Å². The number of rotatable bonds is 6. The highest BCUT2D eigenvalue weighted by Crippen LogP contribution is 2.22. The van der Waals surface area contributed by atoms with Crippen LogP contribution >= 0.6 is 23.2 Å². The van der Waals surface area contributed by atoms with Gasteiger partial charge in [0.2, 0.25) is 0 Å². The Hall–Kier alpha value is -2.64. The summed E-state index contributed by atoms with van der Waals surface area (Å²) in [6.07, 6.45) is 1.32. The van der Waals surface area contributed by atoms with Gasteiger partial charge in [-0.25, -0.2) is 4.98 Å². The minimum absolute atomic E-state index is 0.102. The van der Waals surface area contributed by atoms with Gasteiger partial charge in [-0.1, -0.05) is 40.9 Å². The van der Waals surface area contributed by atoms with E-state index in [1.54, 1.807) is 18.2 Å². The summed E-state index contributed by atoms with van der Waals surface area (Å²) in [4.78, 5) is 39.1. The first-order valence-corrected chi connectivity index (χ1v) is 8.22. The first-order chi connectivity index (χ1) is 12.3. The maximum absolute atomic E-state index is 11.9. The van der Waals surface area contributed by atoms with Crippen LogP contribution in [0.4, 0.5) is 5.82 Å². The van der Waals surface area contributed by atoms with Crippen LogP contribution in [0.2, 0.25) is 10.0 Å². The molecule has 0 aliphatic heterocycles. The molecule has 1 heterocycles. The number of aryl methyl sites for hydroxylation is 1. The number of benzene rings is 1. The van der Waals surface area contributed by atoms with Gasteiger partial charge in [0.1, 0.15) is 6.54 Å². The zero-order chi connectivity index (χ0) is 19.1. The highest BCUT2D eigenvalue weighted by atomic mass is 35.5. The molecule has 0 aliphatic rings. The summed E-state index contributed by atoms with van der Waals surface area (Å²) in [5.74, 6) is -1.69. The van der Waals surface area contributed by atoms with Crippen molar-refractivity contribution in [3.8, 4) is 0 Å². The van der Waals surface area contributed by atoms with Crippen molar-refractivity contribution in [2.24, 2.45) is 0 Å². The number of amides is 2. The number of hydrogen-bond donors (Lipinski definition) is 2. The average molecular weight is 396 g/mol. The second-order valence-corrected chi connectivity index (χ2v) is 6.09. The van der Waals surface area contributed by atoms with E-state index in [-0.39, 0.29) is 17.4 Å². The number of pyridine rings is 1. The fourth-order valence-electron chi connectivity index (χ4n) is 1.91. The monoisotopic (exact) mass is 395 g/mol. The van der Waals surface area contributed by atoms with Gasteiger partial charge in [0.15, 0.2) is 12.4 Å². The molecule has 1 aromatic heterocycles. The molecular formula is C17H15Cl2N3O4. The molecule has 0 radical (unpaired) electrons. The Morgan fingerprint density at radius 3 is 2.65 bits per heavy atom. The number of aromatic nitrogens is 1. The molecule has 1 aromatic carbocycles. The van der Waals surface area contributed by atoms with E-state index in [0.717, 1.165) is 5.56 Å². The molecule has 26 heavy (non-hydrogen) atoms. The van der Waals surface area contributed by atoms with Gasteiger partial charge in [-0.15, -0.1) is 0 Å². The molecule has 7 nitrogen and oxygen atoms in total. The lowest BCUT2D eigenvalue weighted by molar-refractivity contribution is -0.146. The smallest absolute Gasteiger partial charge is 0.325 e. The minimum Gasteiger partial charge on any atom is -0.454 e. The van der Waals surface area contributed by atoms with Crippen molar-refractivity contribution < 1.29 is 19.1 Å². The number of ether oxygens (including phenoxy) is 1. The summed E-state index contributed by atoms with van der Waals surface area (Å²) < 4.78 is 4.79. The van der Waals surface area contributed by atoms with Crippen LogP contribution < -0.4 is 10.6 Å². The number of nitrogens with one attached hydrogen (secondary N) is 2. The van der Waals surface area contributed by atoms with Crippen LogP contribution in [0.1, 0.15) is 15.9 Å². The largest absolute Gasteiger partial charge is 0.454 e. The highest BCUT2D eigenvalue weighted by Gasteiger charge is 2.12. The number of carbonyl (C=O) groups excluding carboxylic acids is 3. The Bertz CT molecular complexity index is 843. The molecule has 9 heteroatoms. The second-order valence-electron chi connectivity index (χ2n) is 5.24. The molecule has 0 spiro atoms. The normalized spacial score (nSPS) is 10.1. The van der Waals surface area contributed by atoms with Crippen LogP contribution in [0.25, 0.3) is 0 Å². The van der Waals surface area contributed by atoms with E-state index in [0.29, 0.717) is 10.6 Å².